The molecule has 0 bridgehead atoms. The number of pyridine rings is 1. The maximum absolute atomic E-state index is 13.0. The number of nitrogens with zero attached hydrogens (tertiary/aromatic N) is 4. The molecule has 0 unspecified atom stereocenters. The fraction of sp³-hybridized carbons (Fsp3) is 0.500. The summed E-state index contributed by atoms with van der Waals surface area (Å²) in [5.41, 5.74) is 2.86. The van der Waals surface area contributed by atoms with Gasteiger partial charge in [-0.3, -0.25) is 14.6 Å². The molecular formula is C24H30N4O3. The Bertz CT molecular complexity index is 1040. The Balaban J connectivity index is 1.44. The Labute approximate surface area is 182 Å². The second-order valence-electron chi connectivity index (χ2n) is 8.87. The fourth-order valence-electron chi connectivity index (χ4n) is 5.41. The molecule has 5 rings (SSSR count). The molecule has 1 aromatic carbocycles. The minimum absolute atomic E-state index is 0.0143. The number of rotatable bonds is 4. The lowest BCUT2D eigenvalue weighted by Gasteiger charge is -2.41. The predicted octanol–water partition coefficient (Wildman–Crippen LogP) is 3.20. The van der Waals surface area contributed by atoms with Crippen molar-refractivity contribution in [3.63, 3.8) is 0 Å². The van der Waals surface area contributed by atoms with Gasteiger partial charge in [0.15, 0.2) is 0 Å². The van der Waals surface area contributed by atoms with Gasteiger partial charge in [0.2, 0.25) is 5.91 Å². The van der Waals surface area contributed by atoms with Crippen LogP contribution in [0.2, 0.25) is 0 Å². The van der Waals surface area contributed by atoms with Crippen molar-refractivity contribution in [2.24, 2.45) is 7.05 Å². The molecule has 3 heterocycles. The van der Waals surface area contributed by atoms with E-state index in [1.54, 1.807) is 24.9 Å². The maximum Gasteiger partial charge on any atom is 0.275 e. The Kier molecular flexibility index (Phi) is 5.22. The summed E-state index contributed by atoms with van der Waals surface area (Å²) in [7, 11) is 3.46. The molecule has 2 fully saturated rings. The van der Waals surface area contributed by atoms with Crippen molar-refractivity contribution in [2.45, 2.75) is 57.2 Å². The van der Waals surface area contributed by atoms with E-state index in [9.17, 15) is 9.59 Å². The van der Waals surface area contributed by atoms with Gasteiger partial charge in [0, 0.05) is 50.9 Å². The molecule has 2 aromatic rings. The van der Waals surface area contributed by atoms with Gasteiger partial charge in [0.25, 0.3) is 5.56 Å². The van der Waals surface area contributed by atoms with Crippen LogP contribution >= 0.6 is 0 Å². The largest absolute Gasteiger partial charge is 0.497 e. The number of amides is 1. The monoisotopic (exact) mass is 422 g/mol. The fourth-order valence-corrected chi connectivity index (χ4v) is 5.41. The van der Waals surface area contributed by atoms with Crippen LogP contribution in [-0.4, -0.2) is 46.1 Å². The van der Waals surface area contributed by atoms with Gasteiger partial charge in [-0.05, 0) is 55.9 Å². The third-order valence-electron chi connectivity index (χ3n) is 7.08. The number of benzene rings is 1. The molecule has 1 amide bonds. The second-order valence-corrected chi connectivity index (χ2v) is 8.87. The SMILES string of the molecule is COc1ccc2c(c1)N(c1cccn(C)c1=O)N(C1CCC(N3CCCC3=O)CC1)C2. The third kappa shape index (κ3) is 3.51. The van der Waals surface area contributed by atoms with Gasteiger partial charge in [-0.25, -0.2) is 5.01 Å². The first-order valence-electron chi connectivity index (χ1n) is 11.3. The van der Waals surface area contributed by atoms with Crippen LogP contribution in [0.3, 0.4) is 0 Å². The zero-order valence-electron chi connectivity index (χ0n) is 18.3. The van der Waals surface area contributed by atoms with E-state index in [0.29, 0.717) is 30.1 Å². The number of hydrazine groups is 1. The van der Waals surface area contributed by atoms with Gasteiger partial charge in [0.1, 0.15) is 11.4 Å². The van der Waals surface area contributed by atoms with Crippen molar-refractivity contribution >= 4 is 17.3 Å². The van der Waals surface area contributed by atoms with E-state index in [2.05, 4.69) is 21.0 Å². The molecule has 3 aliphatic rings. The highest BCUT2D eigenvalue weighted by Crippen LogP contribution is 2.42. The number of fused-ring (bicyclic) bond motifs is 1. The minimum Gasteiger partial charge on any atom is -0.497 e. The van der Waals surface area contributed by atoms with Crippen molar-refractivity contribution in [3.8, 4) is 5.75 Å². The van der Waals surface area contributed by atoms with Crippen LogP contribution in [0.1, 0.15) is 44.1 Å². The predicted molar refractivity (Wildman–Crippen MR) is 119 cm³/mol. The summed E-state index contributed by atoms with van der Waals surface area (Å²) < 4.78 is 7.10. The van der Waals surface area contributed by atoms with E-state index in [1.807, 2.05) is 24.3 Å². The molecule has 0 N–H and O–H groups in total. The second kappa shape index (κ2) is 8.04. The van der Waals surface area contributed by atoms with E-state index >= 15 is 0 Å². The van der Waals surface area contributed by atoms with Crippen LogP contribution in [-0.2, 0) is 18.4 Å². The molecule has 0 spiro atoms. The summed E-state index contributed by atoms with van der Waals surface area (Å²) in [6, 6.07) is 10.6. The van der Waals surface area contributed by atoms with E-state index in [0.717, 1.165) is 56.6 Å². The van der Waals surface area contributed by atoms with Crippen LogP contribution in [0, 0.1) is 0 Å². The van der Waals surface area contributed by atoms with Gasteiger partial charge in [0.05, 0.1) is 12.8 Å². The van der Waals surface area contributed by atoms with Crippen LogP contribution in [0.5, 0.6) is 5.75 Å². The topological polar surface area (TPSA) is 58.0 Å². The quantitative estimate of drug-likeness (QED) is 0.757. The first-order valence-corrected chi connectivity index (χ1v) is 11.3. The van der Waals surface area contributed by atoms with Gasteiger partial charge < -0.3 is 14.2 Å². The summed E-state index contributed by atoms with van der Waals surface area (Å²) in [5.74, 6) is 1.10. The molecule has 31 heavy (non-hydrogen) atoms. The van der Waals surface area contributed by atoms with Crippen molar-refractivity contribution < 1.29 is 9.53 Å². The molecular weight excluding hydrogens is 392 g/mol. The summed E-state index contributed by atoms with van der Waals surface area (Å²) in [6.45, 7) is 1.69. The summed E-state index contributed by atoms with van der Waals surface area (Å²) in [4.78, 5) is 27.3. The smallest absolute Gasteiger partial charge is 0.275 e. The zero-order chi connectivity index (χ0) is 21.5. The van der Waals surface area contributed by atoms with E-state index < -0.39 is 0 Å². The lowest BCUT2D eigenvalue weighted by molar-refractivity contribution is -0.130. The molecule has 1 saturated carbocycles. The van der Waals surface area contributed by atoms with Crippen molar-refractivity contribution in [3.05, 3.63) is 52.4 Å². The van der Waals surface area contributed by atoms with E-state index in [4.69, 9.17) is 4.74 Å². The van der Waals surface area contributed by atoms with Crippen molar-refractivity contribution in [1.82, 2.24) is 14.5 Å². The molecule has 0 atom stereocenters. The van der Waals surface area contributed by atoms with Crippen molar-refractivity contribution in [1.29, 1.82) is 0 Å². The molecule has 7 heteroatoms. The summed E-state index contributed by atoms with van der Waals surface area (Å²) >= 11 is 0. The molecule has 2 aliphatic heterocycles. The molecule has 1 aromatic heterocycles. The van der Waals surface area contributed by atoms with Crippen LogP contribution < -0.4 is 15.3 Å². The Morgan fingerprint density at radius 3 is 2.48 bits per heavy atom. The molecule has 7 nitrogen and oxygen atoms in total. The standard InChI is InChI=1S/C24H30N4O3/c1-25-13-3-5-21(24(25)30)28-22-15-20(31-2)12-7-17(22)16-27(28)19-10-8-18(9-11-19)26-14-4-6-23(26)29/h3,5,7,12-13,15,18-19H,4,6,8-11,14,16H2,1-2H3. The average Bonchev–Trinajstić information content (AvgIpc) is 3.39. The maximum atomic E-state index is 13.0. The van der Waals surface area contributed by atoms with Crippen LogP contribution in [0.4, 0.5) is 11.4 Å². The minimum atomic E-state index is -0.0143. The number of carbonyl (C=O) groups excluding carboxylic acids is 1. The highest BCUT2D eigenvalue weighted by atomic mass is 16.5. The number of methoxy groups -OCH3 is 1. The number of anilines is 2. The lowest BCUT2D eigenvalue weighted by atomic mass is 9.90. The van der Waals surface area contributed by atoms with Gasteiger partial charge in [-0.2, -0.15) is 0 Å². The van der Waals surface area contributed by atoms with Crippen molar-refractivity contribution in [2.75, 3.05) is 18.7 Å². The summed E-state index contributed by atoms with van der Waals surface area (Å²) in [5, 5.41) is 4.45. The first-order chi connectivity index (χ1) is 15.1. The number of ether oxygens (including phenoxy) is 1. The number of aryl methyl sites for hydroxylation is 1. The molecule has 164 valence electrons. The van der Waals surface area contributed by atoms with E-state index in [-0.39, 0.29) is 5.56 Å². The van der Waals surface area contributed by atoms with E-state index in [1.165, 1.54) is 5.56 Å². The zero-order valence-corrected chi connectivity index (χ0v) is 18.3. The average molecular weight is 423 g/mol. The van der Waals surface area contributed by atoms with Gasteiger partial charge >= 0.3 is 0 Å². The summed E-state index contributed by atoms with van der Waals surface area (Å²) in [6.07, 6.45) is 7.56. The normalized spacial score (nSPS) is 24.0. The Hall–Kier alpha value is -2.80. The first kappa shape index (κ1) is 20.1. The lowest BCUT2D eigenvalue weighted by Crippen LogP contribution is -2.48. The number of carbonyl (C=O) groups is 1. The number of likely N-dealkylation sites (tertiary alicyclic amines) is 1. The number of hydrogen-bond donors (Lipinski definition) is 0. The van der Waals surface area contributed by atoms with Gasteiger partial charge in [-0.15, -0.1) is 0 Å². The molecule has 0 radical (unpaired) electrons. The number of aromatic nitrogens is 1. The molecule has 1 aliphatic carbocycles. The van der Waals surface area contributed by atoms with Crippen LogP contribution in [0.25, 0.3) is 0 Å². The highest BCUT2D eigenvalue weighted by Gasteiger charge is 2.39. The highest BCUT2D eigenvalue weighted by molar-refractivity contribution is 5.78. The Morgan fingerprint density at radius 2 is 1.77 bits per heavy atom. The van der Waals surface area contributed by atoms with Crippen LogP contribution in [0.15, 0.2) is 41.3 Å². The van der Waals surface area contributed by atoms with Gasteiger partial charge in [-0.1, -0.05) is 6.07 Å². The third-order valence-corrected chi connectivity index (χ3v) is 7.08. The number of hydrogen-bond acceptors (Lipinski definition) is 5. The molecule has 1 saturated heterocycles. The Morgan fingerprint density at radius 1 is 1.00 bits per heavy atom.